The lowest BCUT2D eigenvalue weighted by Gasteiger charge is -2.39. The van der Waals surface area contributed by atoms with Gasteiger partial charge in [0, 0.05) is 36.3 Å². The maximum atomic E-state index is 14.0. The van der Waals surface area contributed by atoms with Crippen LogP contribution < -0.4 is 5.43 Å². The summed E-state index contributed by atoms with van der Waals surface area (Å²) < 4.78 is 34.7. The quantitative estimate of drug-likeness (QED) is 0.643. The van der Waals surface area contributed by atoms with Crippen molar-refractivity contribution in [1.82, 2.24) is 9.55 Å². The summed E-state index contributed by atoms with van der Waals surface area (Å²) in [6.07, 6.45) is 4.41. The zero-order chi connectivity index (χ0) is 22.6. The summed E-state index contributed by atoms with van der Waals surface area (Å²) in [6.45, 7) is 2.32. The Morgan fingerprint density at radius 2 is 2.09 bits per heavy atom. The second-order valence-corrected chi connectivity index (χ2v) is 9.41. The molecule has 32 heavy (non-hydrogen) atoms. The van der Waals surface area contributed by atoms with Gasteiger partial charge in [-0.2, -0.15) is 0 Å². The van der Waals surface area contributed by atoms with Crippen LogP contribution in [-0.4, -0.2) is 32.6 Å². The highest BCUT2D eigenvalue weighted by Gasteiger charge is 2.41. The van der Waals surface area contributed by atoms with E-state index >= 15 is 0 Å². The third-order valence-corrected chi connectivity index (χ3v) is 7.14. The molecule has 1 fully saturated rings. The van der Waals surface area contributed by atoms with Gasteiger partial charge >= 0.3 is 0 Å². The van der Waals surface area contributed by atoms with Gasteiger partial charge in [-0.3, -0.25) is 9.59 Å². The Kier molecular flexibility index (Phi) is 5.17. The number of ether oxygens (including phenoxy) is 1. The molecular weight excluding hydrogens is 438 g/mol. The molecule has 3 atom stereocenters. The van der Waals surface area contributed by atoms with Crippen LogP contribution in [0.2, 0.25) is 0 Å². The molecule has 3 aromatic rings. The minimum Gasteiger partial charge on any atom is -0.503 e. The molecule has 1 N–H and O–H groups in total. The first kappa shape index (κ1) is 21.0. The summed E-state index contributed by atoms with van der Waals surface area (Å²) in [7, 11) is 0. The van der Waals surface area contributed by atoms with E-state index in [1.165, 1.54) is 35.9 Å². The van der Waals surface area contributed by atoms with Crippen molar-refractivity contribution in [1.29, 1.82) is 0 Å². The number of aromatic hydroxyl groups is 1. The van der Waals surface area contributed by atoms with Gasteiger partial charge in [0.25, 0.3) is 0 Å². The Morgan fingerprint density at radius 3 is 2.88 bits per heavy atom. The molecule has 1 aromatic carbocycles. The predicted molar refractivity (Wildman–Crippen MR) is 114 cm³/mol. The van der Waals surface area contributed by atoms with Crippen molar-refractivity contribution in [3.05, 3.63) is 68.6 Å². The minimum atomic E-state index is -0.665. The second kappa shape index (κ2) is 7.90. The maximum Gasteiger partial charge on any atom is 0.234 e. The van der Waals surface area contributed by atoms with E-state index < -0.39 is 22.8 Å². The van der Waals surface area contributed by atoms with Gasteiger partial charge in [-0.05, 0) is 31.4 Å². The van der Waals surface area contributed by atoms with Crippen molar-refractivity contribution in [3.63, 3.8) is 0 Å². The summed E-state index contributed by atoms with van der Waals surface area (Å²) in [4.78, 5) is 30.8. The molecule has 0 bridgehead atoms. The van der Waals surface area contributed by atoms with Gasteiger partial charge in [-0.25, -0.2) is 13.8 Å². The fourth-order valence-electron chi connectivity index (χ4n) is 4.47. The van der Waals surface area contributed by atoms with Crippen LogP contribution in [0.5, 0.6) is 5.75 Å². The molecule has 0 radical (unpaired) electrons. The highest BCUT2D eigenvalue weighted by molar-refractivity contribution is 7.15. The fourth-order valence-corrected chi connectivity index (χ4v) is 5.41. The normalized spacial score (nSPS) is 22.5. The third-order valence-electron chi connectivity index (χ3n) is 6.11. The lowest BCUT2D eigenvalue weighted by molar-refractivity contribution is -0.0769. The number of pyridine rings is 1. The van der Waals surface area contributed by atoms with Gasteiger partial charge in [-0.15, -0.1) is 11.3 Å². The molecule has 166 valence electrons. The molecule has 0 aliphatic carbocycles. The number of carbonyl (C=O) groups is 1. The summed E-state index contributed by atoms with van der Waals surface area (Å²) in [5.74, 6) is -2.52. The second-order valence-electron chi connectivity index (χ2n) is 8.30. The summed E-state index contributed by atoms with van der Waals surface area (Å²) >= 11 is 1.18. The Balaban J connectivity index is 1.49. The van der Waals surface area contributed by atoms with Crippen LogP contribution >= 0.6 is 11.3 Å². The summed E-state index contributed by atoms with van der Waals surface area (Å²) in [5, 5.41) is 11.0. The summed E-state index contributed by atoms with van der Waals surface area (Å²) in [5.41, 5.74) is -0.172. The molecule has 0 spiro atoms. The van der Waals surface area contributed by atoms with Crippen molar-refractivity contribution in [2.75, 3.05) is 0 Å². The average molecular weight is 458 g/mol. The average Bonchev–Trinajstić information content (AvgIpc) is 3.20. The van der Waals surface area contributed by atoms with Crippen molar-refractivity contribution in [2.45, 2.75) is 44.9 Å². The molecule has 5 rings (SSSR count). The Hall–Kier alpha value is -2.91. The van der Waals surface area contributed by atoms with E-state index in [9.17, 15) is 23.5 Å². The maximum absolute atomic E-state index is 14.0. The van der Waals surface area contributed by atoms with E-state index in [2.05, 4.69) is 4.98 Å². The molecule has 6 nitrogen and oxygen atoms in total. The predicted octanol–water partition coefficient (Wildman–Crippen LogP) is 3.93. The minimum absolute atomic E-state index is 0.0170. The number of rotatable bonds is 3. The highest BCUT2D eigenvalue weighted by Crippen LogP contribution is 2.36. The number of ketones is 1. The van der Waals surface area contributed by atoms with Crippen molar-refractivity contribution in [2.24, 2.45) is 5.92 Å². The van der Waals surface area contributed by atoms with Gasteiger partial charge in [0.15, 0.2) is 11.5 Å². The van der Waals surface area contributed by atoms with Gasteiger partial charge in [0.05, 0.1) is 23.7 Å². The van der Waals surface area contributed by atoms with Crippen LogP contribution in [-0.2, 0) is 17.7 Å². The zero-order valence-electron chi connectivity index (χ0n) is 17.2. The first-order chi connectivity index (χ1) is 15.3. The van der Waals surface area contributed by atoms with Crippen LogP contribution in [0.1, 0.15) is 40.7 Å². The molecule has 2 aromatic heterocycles. The van der Waals surface area contributed by atoms with Crippen LogP contribution in [0, 0.1) is 17.6 Å². The Morgan fingerprint density at radius 1 is 1.28 bits per heavy atom. The van der Waals surface area contributed by atoms with Crippen molar-refractivity contribution < 1.29 is 23.4 Å². The number of carbonyl (C=O) groups excluding carboxylic acids is 1. The van der Waals surface area contributed by atoms with Gasteiger partial charge in [-0.1, -0.05) is 6.07 Å². The zero-order valence-corrected chi connectivity index (χ0v) is 18.0. The van der Waals surface area contributed by atoms with Crippen molar-refractivity contribution in [3.8, 4) is 16.3 Å². The number of thiazole rings is 1. The Labute approximate surface area is 186 Å². The monoisotopic (exact) mass is 458 g/mol. The number of Topliss-reactive ketones (excluding diaryl/α,β-unsaturated/α-hetero) is 1. The molecule has 2 aliphatic rings. The summed E-state index contributed by atoms with van der Waals surface area (Å²) in [6, 6.07) is 3.38. The van der Waals surface area contributed by atoms with Crippen LogP contribution in [0.15, 0.2) is 35.4 Å². The first-order valence-corrected chi connectivity index (χ1v) is 11.2. The van der Waals surface area contributed by atoms with Gasteiger partial charge in [0.2, 0.25) is 5.43 Å². The van der Waals surface area contributed by atoms with Gasteiger partial charge < -0.3 is 14.4 Å². The van der Waals surface area contributed by atoms with Gasteiger partial charge in [0.1, 0.15) is 22.3 Å². The van der Waals surface area contributed by atoms with Crippen LogP contribution in [0.25, 0.3) is 10.6 Å². The lowest BCUT2D eigenvalue weighted by Crippen LogP contribution is -2.46. The Bertz CT molecular complexity index is 1290. The number of nitrogens with zero attached hydrogens (tertiary/aromatic N) is 2. The number of fused-ring (bicyclic) bond motifs is 2. The number of halogens is 2. The van der Waals surface area contributed by atoms with E-state index in [1.807, 2.05) is 6.92 Å². The first-order valence-electron chi connectivity index (χ1n) is 10.4. The number of benzene rings is 1. The molecule has 9 heteroatoms. The van der Waals surface area contributed by atoms with E-state index in [4.69, 9.17) is 4.74 Å². The number of hydrogen-bond donors (Lipinski definition) is 1. The van der Waals surface area contributed by atoms with Crippen LogP contribution in [0.3, 0.4) is 0 Å². The molecule has 2 aliphatic heterocycles. The largest absolute Gasteiger partial charge is 0.503 e. The van der Waals surface area contributed by atoms with E-state index in [-0.39, 0.29) is 41.6 Å². The molecule has 1 saturated heterocycles. The smallest absolute Gasteiger partial charge is 0.234 e. The molecular formula is C23H20F2N2O4S. The molecule has 0 saturated carbocycles. The standard InChI is InChI=1S/C23H20F2N2O4S/c1-11-2-5-15-18(31-11)10-27-9-16(21(29)22(30)19(27)20(15)28)23-26-8-14(32-23)6-12-3-4-13(24)7-17(12)25/h3-4,7-9,11,15,18,30H,2,5-6,10H2,1H3/t11-,15?,18+/m1/s1. The van der Waals surface area contributed by atoms with E-state index in [0.29, 0.717) is 28.4 Å². The van der Waals surface area contributed by atoms with Crippen molar-refractivity contribution >= 4 is 17.1 Å². The third kappa shape index (κ3) is 3.55. The van der Waals surface area contributed by atoms with E-state index in [1.54, 1.807) is 4.57 Å². The highest BCUT2D eigenvalue weighted by atomic mass is 32.1. The lowest BCUT2D eigenvalue weighted by atomic mass is 9.83. The molecule has 1 unspecified atom stereocenters. The topological polar surface area (TPSA) is 81.4 Å². The number of aromatic nitrogens is 2. The SMILES string of the molecule is C[C@@H]1CCC2C(=O)c3c(O)c(=O)c(-c4ncc(Cc5ccc(F)cc5F)s4)cn3C[C@@H]2O1. The van der Waals surface area contributed by atoms with E-state index in [0.717, 1.165) is 12.5 Å². The molecule has 0 amide bonds. The van der Waals surface area contributed by atoms with Crippen LogP contribution in [0.4, 0.5) is 8.78 Å². The number of hydrogen-bond acceptors (Lipinski definition) is 6. The fraction of sp³-hybridized carbons (Fsp3) is 0.348. The molecule has 4 heterocycles.